The average molecular weight is 418 g/mol. The maximum absolute atomic E-state index is 10.6. The molecule has 3 heterocycles. The number of nitrogens with two attached hydrogens (primary N) is 1. The number of anilines is 2. The average Bonchev–Trinajstić information content (AvgIpc) is 3.01. The predicted molar refractivity (Wildman–Crippen MR) is 97.5 cm³/mol. The molecule has 0 unspecified atom stereocenters. The van der Waals surface area contributed by atoms with E-state index in [2.05, 4.69) is 20.2 Å². The molecule has 28 heavy (non-hydrogen) atoms. The molecule has 4 N–H and O–H groups in total. The minimum Gasteiger partial charge on any atom is -0.475 e. The van der Waals surface area contributed by atoms with Gasteiger partial charge < -0.3 is 25.5 Å². The van der Waals surface area contributed by atoms with E-state index in [0.717, 1.165) is 37.4 Å². The van der Waals surface area contributed by atoms with Crippen molar-refractivity contribution in [2.45, 2.75) is 6.18 Å². The van der Waals surface area contributed by atoms with Crippen LogP contribution in [-0.4, -0.2) is 53.4 Å². The van der Waals surface area contributed by atoms with Crippen LogP contribution in [0.15, 0.2) is 22.6 Å². The molecule has 8 nitrogen and oxygen atoms in total. The SMILES string of the molecule is Nc1nc(N2CCNCC2)c2oc3cccc(Cl)c3c2n1.O=C(O)C(F)(F)F. The van der Waals surface area contributed by atoms with Crippen LogP contribution in [0.1, 0.15) is 0 Å². The predicted octanol–water partition coefficient (Wildman–Crippen LogP) is 2.65. The number of carboxylic acid groups (broad SMARTS) is 1. The number of rotatable bonds is 1. The summed E-state index contributed by atoms with van der Waals surface area (Å²) in [5, 5.41) is 11.8. The number of carbonyl (C=O) groups is 1. The van der Waals surface area contributed by atoms with Gasteiger partial charge in [0.2, 0.25) is 5.95 Å². The third kappa shape index (κ3) is 4.04. The normalized spacial score (nSPS) is 14.8. The summed E-state index contributed by atoms with van der Waals surface area (Å²) in [5.74, 6) is -1.78. The van der Waals surface area contributed by atoms with E-state index in [1.165, 1.54) is 0 Å². The molecular formula is C16H15ClF3N5O3. The first kappa shape index (κ1) is 20.0. The third-order valence-electron chi connectivity index (χ3n) is 3.95. The maximum atomic E-state index is 10.6. The van der Waals surface area contributed by atoms with Crippen molar-refractivity contribution < 1.29 is 27.5 Å². The van der Waals surface area contributed by atoms with Crippen LogP contribution in [0.5, 0.6) is 0 Å². The van der Waals surface area contributed by atoms with Crippen molar-refractivity contribution in [2.75, 3.05) is 36.8 Å². The molecule has 0 atom stereocenters. The first-order chi connectivity index (χ1) is 13.2. The smallest absolute Gasteiger partial charge is 0.475 e. The molecule has 0 aliphatic carbocycles. The number of nitrogen functional groups attached to an aromatic ring is 1. The lowest BCUT2D eigenvalue weighted by Gasteiger charge is -2.28. The maximum Gasteiger partial charge on any atom is 0.490 e. The number of piperazine rings is 1. The topological polar surface area (TPSA) is 118 Å². The number of benzene rings is 1. The number of fused-ring (bicyclic) bond motifs is 3. The van der Waals surface area contributed by atoms with E-state index in [4.69, 9.17) is 31.7 Å². The molecule has 0 amide bonds. The highest BCUT2D eigenvalue weighted by Crippen LogP contribution is 2.36. The second-order valence-corrected chi connectivity index (χ2v) is 6.25. The van der Waals surface area contributed by atoms with Crippen LogP contribution in [0.2, 0.25) is 5.02 Å². The quantitative estimate of drug-likeness (QED) is 0.553. The van der Waals surface area contributed by atoms with Crippen LogP contribution in [0.4, 0.5) is 24.9 Å². The van der Waals surface area contributed by atoms with Crippen molar-refractivity contribution in [3.05, 3.63) is 23.2 Å². The zero-order chi connectivity index (χ0) is 20.5. The van der Waals surface area contributed by atoms with Gasteiger partial charge in [-0.3, -0.25) is 0 Å². The van der Waals surface area contributed by atoms with E-state index in [-0.39, 0.29) is 5.95 Å². The summed E-state index contributed by atoms with van der Waals surface area (Å²) < 4.78 is 37.7. The fourth-order valence-electron chi connectivity index (χ4n) is 2.74. The highest BCUT2D eigenvalue weighted by Gasteiger charge is 2.38. The molecule has 1 aromatic carbocycles. The third-order valence-corrected chi connectivity index (χ3v) is 4.26. The van der Waals surface area contributed by atoms with Crippen LogP contribution in [0.25, 0.3) is 22.1 Å². The zero-order valence-corrected chi connectivity index (χ0v) is 15.0. The van der Waals surface area contributed by atoms with E-state index in [0.29, 0.717) is 21.7 Å². The number of halogens is 4. The Hall–Kier alpha value is -2.79. The highest BCUT2D eigenvalue weighted by molar-refractivity contribution is 6.37. The number of hydrogen-bond acceptors (Lipinski definition) is 7. The summed E-state index contributed by atoms with van der Waals surface area (Å²) in [4.78, 5) is 19.8. The van der Waals surface area contributed by atoms with Gasteiger partial charge in [-0.25, -0.2) is 9.78 Å². The molecule has 2 aromatic heterocycles. The van der Waals surface area contributed by atoms with E-state index >= 15 is 0 Å². The number of aliphatic carboxylic acids is 1. The lowest BCUT2D eigenvalue weighted by Crippen LogP contribution is -2.44. The van der Waals surface area contributed by atoms with Gasteiger partial charge in [0, 0.05) is 26.2 Å². The number of nitrogens with zero attached hydrogens (tertiary/aromatic N) is 3. The molecule has 0 saturated carbocycles. The summed E-state index contributed by atoms with van der Waals surface area (Å²) in [6, 6.07) is 5.55. The number of alkyl halides is 3. The molecule has 1 aliphatic heterocycles. The number of aromatic nitrogens is 2. The fraction of sp³-hybridized carbons (Fsp3) is 0.312. The molecule has 0 spiro atoms. The first-order valence-corrected chi connectivity index (χ1v) is 8.46. The molecule has 1 fully saturated rings. The Balaban J connectivity index is 0.000000279. The van der Waals surface area contributed by atoms with Crippen molar-refractivity contribution in [1.82, 2.24) is 15.3 Å². The molecule has 3 aromatic rings. The summed E-state index contributed by atoms with van der Waals surface area (Å²) in [6.45, 7) is 3.53. The van der Waals surface area contributed by atoms with Crippen LogP contribution in [0, 0.1) is 0 Å². The van der Waals surface area contributed by atoms with Crippen molar-refractivity contribution in [3.63, 3.8) is 0 Å². The van der Waals surface area contributed by atoms with Gasteiger partial charge in [0.25, 0.3) is 0 Å². The summed E-state index contributed by atoms with van der Waals surface area (Å²) >= 11 is 6.28. The van der Waals surface area contributed by atoms with Gasteiger partial charge in [0.15, 0.2) is 11.4 Å². The molecule has 1 saturated heterocycles. The lowest BCUT2D eigenvalue weighted by atomic mass is 10.2. The van der Waals surface area contributed by atoms with Crippen LogP contribution in [0.3, 0.4) is 0 Å². The first-order valence-electron chi connectivity index (χ1n) is 8.08. The number of carboxylic acids is 1. The van der Waals surface area contributed by atoms with Gasteiger partial charge >= 0.3 is 12.1 Å². The Bertz CT molecular complexity index is 1020. The van der Waals surface area contributed by atoms with E-state index in [1.807, 2.05) is 18.2 Å². The summed E-state index contributed by atoms with van der Waals surface area (Å²) in [7, 11) is 0. The van der Waals surface area contributed by atoms with Gasteiger partial charge in [0.1, 0.15) is 11.1 Å². The highest BCUT2D eigenvalue weighted by atomic mass is 35.5. The Morgan fingerprint density at radius 2 is 1.93 bits per heavy atom. The van der Waals surface area contributed by atoms with E-state index in [9.17, 15) is 13.2 Å². The van der Waals surface area contributed by atoms with Crippen molar-refractivity contribution >= 4 is 51.4 Å². The standard InChI is InChI=1S/C14H14ClN5O.C2HF3O2/c15-8-2-1-3-9-10(8)11-12(21-9)13(19-14(16)18-11)20-6-4-17-5-7-20;3-2(4,5)1(6)7/h1-3,17H,4-7H2,(H2,16,18,19);(H,6,7). The number of nitrogens with one attached hydrogen (secondary N) is 1. The van der Waals surface area contributed by atoms with E-state index < -0.39 is 12.1 Å². The monoisotopic (exact) mass is 417 g/mol. The van der Waals surface area contributed by atoms with Crippen molar-refractivity contribution in [1.29, 1.82) is 0 Å². The summed E-state index contributed by atoms with van der Waals surface area (Å²) in [5.41, 5.74) is 7.91. The van der Waals surface area contributed by atoms with Crippen LogP contribution in [-0.2, 0) is 4.79 Å². The van der Waals surface area contributed by atoms with Gasteiger partial charge in [-0.05, 0) is 12.1 Å². The molecular weight excluding hydrogens is 403 g/mol. The van der Waals surface area contributed by atoms with Crippen LogP contribution >= 0.6 is 11.6 Å². The second kappa shape index (κ2) is 7.68. The Kier molecular flexibility index (Phi) is 5.47. The Morgan fingerprint density at radius 1 is 1.29 bits per heavy atom. The minimum absolute atomic E-state index is 0.235. The van der Waals surface area contributed by atoms with Gasteiger partial charge in [-0.15, -0.1) is 0 Å². The Morgan fingerprint density at radius 3 is 2.54 bits per heavy atom. The van der Waals surface area contributed by atoms with Gasteiger partial charge in [0.05, 0.1) is 10.4 Å². The van der Waals surface area contributed by atoms with Crippen molar-refractivity contribution in [2.24, 2.45) is 0 Å². The largest absolute Gasteiger partial charge is 0.490 e. The van der Waals surface area contributed by atoms with Crippen molar-refractivity contribution in [3.8, 4) is 0 Å². The molecule has 4 rings (SSSR count). The van der Waals surface area contributed by atoms with Crippen LogP contribution < -0.4 is 16.0 Å². The Labute approximate surface area is 161 Å². The molecule has 0 radical (unpaired) electrons. The van der Waals surface area contributed by atoms with Gasteiger partial charge in [-0.2, -0.15) is 18.2 Å². The molecule has 1 aliphatic rings. The minimum atomic E-state index is -5.08. The number of furan rings is 1. The molecule has 0 bridgehead atoms. The van der Waals surface area contributed by atoms with Gasteiger partial charge in [-0.1, -0.05) is 17.7 Å². The van der Waals surface area contributed by atoms with E-state index in [1.54, 1.807) is 0 Å². The molecule has 150 valence electrons. The lowest BCUT2D eigenvalue weighted by molar-refractivity contribution is -0.192. The number of hydrogen-bond donors (Lipinski definition) is 3. The fourth-order valence-corrected chi connectivity index (χ4v) is 2.99. The second-order valence-electron chi connectivity index (χ2n) is 5.84. The summed E-state index contributed by atoms with van der Waals surface area (Å²) in [6.07, 6.45) is -5.08. The molecule has 12 heteroatoms. The zero-order valence-electron chi connectivity index (χ0n) is 14.3.